The van der Waals surface area contributed by atoms with Gasteiger partial charge < -0.3 is 10.2 Å². The van der Waals surface area contributed by atoms with E-state index in [2.05, 4.69) is 4.72 Å². The largest absolute Gasteiger partial charge is 0.390 e. The number of rotatable bonds is 4. The summed E-state index contributed by atoms with van der Waals surface area (Å²) < 4.78 is 27.7. The van der Waals surface area contributed by atoms with E-state index in [0.29, 0.717) is 11.4 Å². The summed E-state index contributed by atoms with van der Waals surface area (Å²) in [6.07, 6.45) is -1.86. The Hall–Kier alpha value is -1.44. The number of aliphatic hydroxyl groups is 2. The summed E-state index contributed by atoms with van der Waals surface area (Å²) in [7, 11) is -3.84. The molecule has 2 aromatic rings. The molecule has 0 bridgehead atoms. The number of sulfonamides is 1. The van der Waals surface area contributed by atoms with Crippen LogP contribution in [0.4, 0.5) is 0 Å². The Morgan fingerprint density at radius 2 is 1.62 bits per heavy atom. The van der Waals surface area contributed by atoms with Crippen LogP contribution in [0.5, 0.6) is 0 Å². The molecular formula is C17H18ClNO4S. The zero-order valence-corrected chi connectivity index (χ0v) is 14.3. The average molecular weight is 368 g/mol. The first-order valence-electron chi connectivity index (χ1n) is 7.57. The maximum absolute atomic E-state index is 12.6. The predicted molar refractivity (Wildman–Crippen MR) is 91.4 cm³/mol. The Morgan fingerprint density at radius 1 is 1.00 bits per heavy atom. The molecule has 24 heavy (non-hydrogen) atoms. The highest BCUT2D eigenvalue weighted by atomic mass is 35.5. The fraction of sp³-hybridized carbons (Fsp3) is 0.294. The molecule has 1 aliphatic carbocycles. The molecule has 0 heterocycles. The van der Waals surface area contributed by atoms with Crippen molar-refractivity contribution in [3.8, 4) is 0 Å². The summed E-state index contributed by atoms with van der Waals surface area (Å²) in [5.41, 5.74) is 0.872. The van der Waals surface area contributed by atoms with E-state index in [1.807, 2.05) is 30.3 Å². The zero-order chi connectivity index (χ0) is 17.3. The molecule has 3 N–H and O–H groups in total. The van der Waals surface area contributed by atoms with Crippen LogP contribution in [0, 0.1) is 0 Å². The maximum atomic E-state index is 12.6. The Labute approximate surface area is 146 Å². The second kappa shape index (κ2) is 6.82. The molecule has 1 aliphatic rings. The number of hydrogen-bond acceptors (Lipinski definition) is 4. The number of halogens is 1. The standard InChI is InChI=1S/C17H18ClNO4S/c18-12-6-8-13(9-7-12)24(22,23)19-16-14(10-15(20)17(16)21)11-4-2-1-3-5-11/h1-9,14-17,19-21H,10H2/t14-,15-,16-,17-/m1/s1. The lowest BCUT2D eigenvalue weighted by Gasteiger charge is -2.23. The van der Waals surface area contributed by atoms with Crippen molar-refractivity contribution in [3.63, 3.8) is 0 Å². The minimum absolute atomic E-state index is 0.0623. The minimum atomic E-state index is -3.84. The van der Waals surface area contributed by atoms with Crippen molar-refractivity contribution >= 4 is 21.6 Å². The van der Waals surface area contributed by atoms with Crippen LogP contribution in [0.1, 0.15) is 17.9 Å². The summed E-state index contributed by atoms with van der Waals surface area (Å²) in [6, 6.07) is 14.3. The van der Waals surface area contributed by atoms with Crippen molar-refractivity contribution in [1.82, 2.24) is 4.72 Å². The highest BCUT2D eigenvalue weighted by Gasteiger charge is 2.44. The van der Waals surface area contributed by atoms with Crippen LogP contribution in [0.3, 0.4) is 0 Å². The van der Waals surface area contributed by atoms with E-state index in [1.54, 1.807) is 0 Å². The molecule has 0 saturated heterocycles. The molecule has 1 saturated carbocycles. The van der Waals surface area contributed by atoms with Crippen LogP contribution in [0.25, 0.3) is 0 Å². The summed E-state index contributed by atoms with van der Waals surface area (Å²) >= 11 is 5.79. The van der Waals surface area contributed by atoms with E-state index in [-0.39, 0.29) is 10.8 Å². The Morgan fingerprint density at radius 3 is 2.25 bits per heavy atom. The highest BCUT2D eigenvalue weighted by Crippen LogP contribution is 2.36. The first-order chi connectivity index (χ1) is 11.4. The van der Waals surface area contributed by atoms with Gasteiger partial charge in [0.2, 0.25) is 10.0 Å². The summed E-state index contributed by atoms with van der Waals surface area (Å²) in [4.78, 5) is 0.0623. The fourth-order valence-electron chi connectivity index (χ4n) is 3.08. The summed E-state index contributed by atoms with van der Waals surface area (Å²) in [6.45, 7) is 0. The summed E-state index contributed by atoms with van der Waals surface area (Å²) in [5.74, 6) is -0.307. The minimum Gasteiger partial charge on any atom is -0.390 e. The maximum Gasteiger partial charge on any atom is 0.240 e. The Balaban J connectivity index is 1.89. The molecule has 0 aromatic heterocycles. The molecule has 5 nitrogen and oxygen atoms in total. The lowest BCUT2D eigenvalue weighted by Crippen LogP contribution is -2.45. The quantitative estimate of drug-likeness (QED) is 0.770. The molecule has 2 aromatic carbocycles. The van der Waals surface area contributed by atoms with Gasteiger partial charge in [-0.1, -0.05) is 41.9 Å². The topological polar surface area (TPSA) is 86.6 Å². The molecule has 4 atom stereocenters. The third-order valence-corrected chi connectivity index (χ3v) is 6.06. The fourth-order valence-corrected chi connectivity index (χ4v) is 4.50. The lowest BCUT2D eigenvalue weighted by atomic mass is 9.94. The number of hydrogen-bond donors (Lipinski definition) is 3. The Bertz CT molecular complexity index is 795. The number of aliphatic hydroxyl groups excluding tert-OH is 2. The van der Waals surface area contributed by atoms with Gasteiger partial charge in [0, 0.05) is 10.9 Å². The second-order valence-electron chi connectivity index (χ2n) is 5.91. The first kappa shape index (κ1) is 17.4. The van der Waals surface area contributed by atoms with Crippen molar-refractivity contribution in [1.29, 1.82) is 0 Å². The molecule has 0 spiro atoms. The van der Waals surface area contributed by atoms with Crippen LogP contribution < -0.4 is 4.72 Å². The van der Waals surface area contributed by atoms with Gasteiger partial charge >= 0.3 is 0 Å². The first-order valence-corrected chi connectivity index (χ1v) is 9.43. The van der Waals surface area contributed by atoms with E-state index in [1.165, 1.54) is 24.3 Å². The average Bonchev–Trinajstić information content (AvgIpc) is 2.84. The summed E-state index contributed by atoms with van der Waals surface area (Å²) in [5, 5.41) is 20.7. The van der Waals surface area contributed by atoms with Gasteiger partial charge in [-0.05, 0) is 36.2 Å². The van der Waals surface area contributed by atoms with Crippen LogP contribution >= 0.6 is 11.6 Å². The molecule has 0 radical (unpaired) electrons. The SMILES string of the molecule is O=S(=O)(N[C@H]1[C@H](O)[C@H](O)C[C@@H]1c1ccccc1)c1ccc(Cl)cc1. The van der Waals surface area contributed by atoms with E-state index in [9.17, 15) is 18.6 Å². The zero-order valence-electron chi connectivity index (χ0n) is 12.7. The molecule has 0 amide bonds. The van der Waals surface area contributed by atoms with Crippen molar-refractivity contribution in [3.05, 3.63) is 65.2 Å². The normalized spacial score (nSPS) is 27.3. The molecule has 1 fully saturated rings. The van der Waals surface area contributed by atoms with Gasteiger partial charge in [0.15, 0.2) is 0 Å². The van der Waals surface area contributed by atoms with E-state index in [4.69, 9.17) is 11.6 Å². The number of benzene rings is 2. The molecule has 0 unspecified atom stereocenters. The predicted octanol–water partition coefficient (Wildman–Crippen LogP) is 1.90. The Kier molecular flexibility index (Phi) is 4.94. The van der Waals surface area contributed by atoms with Gasteiger partial charge in [-0.3, -0.25) is 0 Å². The van der Waals surface area contributed by atoms with Gasteiger partial charge in [0.05, 0.1) is 23.1 Å². The van der Waals surface area contributed by atoms with Gasteiger partial charge in [0.1, 0.15) is 0 Å². The number of nitrogens with one attached hydrogen (secondary N) is 1. The smallest absolute Gasteiger partial charge is 0.240 e. The van der Waals surface area contributed by atoms with E-state index in [0.717, 1.165) is 5.56 Å². The highest BCUT2D eigenvalue weighted by molar-refractivity contribution is 7.89. The van der Waals surface area contributed by atoms with Crippen molar-refractivity contribution in [2.75, 3.05) is 0 Å². The van der Waals surface area contributed by atoms with Crippen LogP contribution in [0.2, 0.25) is 5.02 Å². The van der Waals surface area contributed by atoms with Crippen molar-refractivity contribution in [2.45, 2.75) is 35.5 Å². The van der Waals surface area contributed by atoms with Crippen molar-refractivity contribution < 1.29 is 18.6 Å². The molecule has 7 heteroatoms. The molecule has 3 rings (SSSR count). The molecule has 128 valence electrons. The van der Waals surface area contributed by atoms with Crippen LogP contribution in [0.15, 0.2) is 59.5 Å². The van der Waals surface area contributed by atoms with Crippen LogP contribution in [-0.2, 0) is 10.0 Å². The van der Waals surface area contributed by atoms with Gasteiger partial charge in [-0.2, -0.15) is 0 Å². The monoisotopic (exact) mass is 367 g/mol. The second-order valence-corrected chi connectivity index (χ2v) is 8.06. The van der Waals surface area contributed by atoms with E-state index < -0.39 is 28.3 Å². The van der Waals surface area contributed by atoms with E-state index >= 15 is 0 Å². The van der Waals surface area contributed by atoms with Gasteiger partial charge in [-0.15, -0.1) is 0 Å². The third-order valence-electron chi connectivity index (χ3n) is 4.33. The third kappa shape index (κ3) is 3.48. The van der Waals surface area contributed by atoms with Crippen LogP contribution in [-0.4, -0.2) is 36.9 Å². The molecule has 0 aliphatic heterocycles. The van der Waals surface area contributed by atoms with Gasteiger partial charge in [-0.25, -0.2) is 13.1 Å². The van der Waals surface area contributed by atoms with Crippen molar-refractivity contribution in [2.24, 2.45) is 0 Å². The van der Waals surface area contributed by atoms with Gasteiger partial charge in [0.25, 0.3) is 0 Å². The molecular weight excluding hydrogens is 350 g/mol. The lowest BCUT2D eigenvalue weighted by molar-refractivity contribution is 0.0338.